The second kappa shape index (κ2) is 13.0. The lowest BCUT2D eigenvalue weighted by atomic mass is 9.32. The molecule has 0 heterocycles. The van der Waals surface area contributed by atoms with Crippen molar-refractivity contribution in [3.05, 3.63) is 83.5 Å². The summed E-state index contributed by atoms with van der Waals surface area (Å²) in [5.41, 5.74) is -0.0469. The van der Waals surface area contributed by atoms with Gasteiger partial charge in [0.25, 0.3) is 0 Å². The zero-order valence-corrected chi connectivity index (χ0v) is 34.6. The molecule has 2 N–H and O–H groups in total. The number of benzene rings is 2. The highest BCUT2D eigenvalue weighted by Gasteiger charge is 2.74. The minimum atomic E-state index is -1.11. The predicted molar refractivity (Wildman–Crippen MR) is 220 cm³/mol. The molecule has 0 aromatic heterocycles. The van der Waals surface area contributed by atoms with Crippen LogP contribution in [-0.2, 0) is 11.2 Å². The minimum Gasteiger partial charge on any atom is -0.493 e. The molecule has 0 saturated heterocycles. The lowest BCUT2D eigenvalue weighted by Gasteiger charge is -2.71. The van der Waals surface area contributed by atoms with Crippen molar-refractivity contribution in [2.75, 3.05) is 27.3 Å². The molecule has 7 heteroatoms. The zero-order valence-electron chi connectivity index (χ0n) is 34.6. The molecule has 57 heavy (non-hydrogen) atoms. The van der Waals surface area contributed by atoms with Gasteiger partial charge in [-0.25, -0.2) is 0 Å². The fraction of sp³-hybridized carbons (Fsp3) is 0.640. The number of aliphatic hydroxyl groups excluding tert-OH is 1. The van der Waals surface area contributed by atoms with Gasteiger partial charge < -0.3 is 24.6 Å². The summed E-state index contributed by atoms with van der Waals surface area (Å²) in [7, 11) is 3.26. The van der Waals surface area contributed by atoms with E-state index >= 15 is 0 Å². The highest BCUT2D eigenvalue weighted by Crippen LogP contribution is 2.78. The molecular weight excluding hydrogens is 711 g/mol. The van der Waals surface area contributed by atoms with E-state index in [1.807, 2.05) is 48.5 Å². The van der Waals surface area contributed by atoms with Crippen LogP contribution in [0.4, 0.5) is 0 Å². The molecule has 10 aliphatic carbocycles. The number of methoxy groups -OCH3 is 2. The smallest absolute Gasteiger partial charge is 0.227 e. The highest BCUT2D eigenvalue weighted by molar-refractivity contribution is 6.10. The summed E-state index contributed by atoms with van der Waals surface area (Å²) in [6.07, 6.45) is 20.0. The summed E-state index contributed by atoms with van der Waals surface area (Å²) in [5.74, 6) is 3.95. The minimum absolute atomic E-state index is 0.0354. The fourth-order valence-electron chi connectivity index (χ4n) is 16.1. The molecule has 1 unspecified atom stereocenters. The first-order valence-electron chi connectivity index (χ1n) is 22.2. The number of aliphatic hydroxyl groups is 2. The molecular formula is C50H63NO6. The van der Waals surface area contributed by atoms with Crippen LogP contribution in [-0.4, -0.2) is 65.8 Å². The van der Waals surface area contributed by atoms with Crippen LogP contribution >= 0.6 is 0 Å². The van der Waals surface area contributed by atoms with E-state index in [4.69, 9.17) is 9.47 Å². The summed E-state index contributed by atoms with van der Waals surface area (Å²) in [4.78, 5) is 32.0. The molecule has 2 spiro atoms. The van der Waals surface area contributed by atoms with Gasteiger partial charge in [0.15, 0.2) is 17.3 Å². The molecule has 6 bridgehead atoms. The van der Waals surface area contributed by atoms with Crippen LogP contribution in [0.5, 0.6) is 11.5 Å². The van der Waals surface area contributed by atoms with Gasteiger partial charge in [-0.1, -0.05) is 68.5 Å². The Kier molecular flexibility index (Phi) is 8.65. The SMILES string of the molecule is COc1ccc(CC(=O)N(CC23CC4CC(CC(C4)C2)C3)C[C@]2(O)CC[C@H]3[C@]45C=C[C@@]6(C=C4C(=O)c4ccccc4)CC(O)CC[C@]6(C)[C@H]5CC[C@@]32C)cc1OC. The quantitative estimate of drug-likeness (QED) is 0.185. The van der Waals surface area contributed by atoms with Crippen molar-refractivity contribution in [3.63, 3.8) is 0 Å². The van der Waals surface area contributed by atoms with E-state index in [0.29, 0.717) is 43.0 Å². The van der Waals surface area contributed by atoms with Gasteiger partial charge >= 0.3 is 0 Å². The number of allylic oxidation sites excluding steroid dienone is 4. The number of nitrogens with zero attached hydrogens (tertiary/aromatic N) is 1. The fourth-order valence-corrected chi connectivity index (χ4v) is 16.1. The third-order valence-corrected chi connectivity index (χ3v) is 18.3. The number of Topliss-reactive ketones (excluding diaryl/α,β-unsaturated/α-hetero) is 1. The standard InChI is InChI=1S/C50H63NO6/c1-45-15-12-37(52)28-48(45)18-19-50(38(29-48)44(54)36-8-6-5-7-9-36)41(45)13-16-46(2)42(50)14-17-49(46,55)31-51(30-47-25-33-20-34(26-47)22-35(21-33)27-47)43(53)24-32-10-11-39(56-3)40(23-32)57-4/h5-11,18-19,23,29,33-35,37,41-42,52,55H,12-17,20-22,24-28,30-31H2,1-4H3/t33?,34?,35?,37?,41-,42-,45-,46+,47?,48+,49-,50-/m1/s1. The van der Waals surface area contributed by atoms with Crippen molar-refractivity contribution in [3.8, 4) is 11.5 Å². The van der Waals surface area contributed by atoms with Crippen LogP contribution in [0.3, 0.4) is 0 Å². The van der Waals surface area contributed by atoms with E-state index in [9.17, 15) is 19.8 Å². The van der Waals surface area contributed by atoms with E-state index in [1.165, 1.54) is 38.5 Å². The maximum absolute atomic E-state index is 14.9. The number of carbonyl (C=O) groups is 2. The van der Waals surface area contributed by atoms with Gasteiger partial charge in [0.05, 0.1) is 32.3 Å². The van der Waals surface area contributed by atoms with Gasteiger partial charge in [0, 0.05) is 40.5 Å². The molecule has 12 rings (SSSR count). The van der Waals surface area contributed by atoms with E-state index in [-0.39, 0.29) is 52.3 Å². The molecule has 304 valence electrons. The molecule has 7 fully saturated rings. The molecule has 7 saturated carbocycles. The van der Waals surface area contributed by atoms with Gasteiger partial charge in [-0.05, 0) is 142 Å². The van der Waals surface area contributed by atoms with Crippen LogP contribution in [0.1, 0.15) is 113 Å². The van der Waals surface area contributed by atoms with E-state index in [0.717, 1.165) is 61.0 Å². The second-order valence-corrected chi connectivity index (χ2v) is 21.0. The second-order valence-electron chi connectivity index (χ2n) is 21.0. The third-order valence-electron chi connectivity index (χ3n) is 18.3. The van der Waals surface area contributed by atoms with Gasteiger partial charge in [-0.2, -0.15) is 0 Å². The van der Waals surface area contributed by atoms with Crippen LogP contribution in [0.2, 0.25) is 0 Å². The summed E-state index contributed by atoms with van der Waals surface area (Å²) < 4.78 is 11.2. The number of rotatable bonds is 10. The van der Waals surface area contributed by atoms with Gasteiger partial charge in [-0.15, -0.1) is 0 Å². The molecule has 2 aromatic carbocycles. The third kappa shape index (κ3) is 5.42. The van der Waals surface area contributed by atoms with Crippen LogP contribution in [0, 0.1) is 56.7 Å². The maximum Gasteiger partial charge on any atom is 0.227 e. The summed E-state index contributed by atoms with van der Waals surface area (Å²) in [6, 6.07) is 15.5. The first-order valence-corrected chi connectivity index (χ1v) is 22.2. The first-order chi connectivity index (χ1) is 27.3. The average molecular weight is 774 g/mol. The lowest BCUT2D eigenvalue weighted by molar-refractivity contribution is -0.181. The van der Waals surface area contributed by atoms with Crippen molar-refractivity contribution >= 4 is 11.7 Å². The van der Waals surface area contributed by atoms with Crippen LogP contribution in [0.15, 0.2) is 72.3 Å². The van der Waals surface area contributed by atoms with Crippen molar-refractivity contribution in [2.45, 2.75) is 115 Å². The van der Waals surface area contributed by atoms with Crippen molar-refractivity contribution in [1.82, 2.24) is 4.90 Å². The van der Waals surface area contributed by atoms with E-state index < -0.39 is 16.4 Å². The number of ketones is 1. The molecule has 8 atom stereocenters. The van der Waals surface area contributed by atoms with Gasteiger partial charge in [0.2, 0.25) is 5.91 Å². The Bertz CT molecular complexity index is 1990. The zero-order chi connectivity index (χ0) is 39.6. The lowest BCUT2D eigenvalue weighted by Crippen LogP contribution is -2.67. The highest BCUT2D eigenvalue weighted by atomic mass is 16.5. The summed E-state index contributed by atoms with van der Waals surface area (Å²) in [5, 5.41) is 24.6. The van der Waals surface area contributed by atoms with Crippen molar-refractivity contribution < 1.29 is 29.3 Å². The summed E-state index contributed by atoms with van der Waals surface area (Å²) >= 11 is 0. The molecule has 0 aliphatic heterocycles. The first kappa shape index (κ1) is 37.8. The number of carbonyl (C=O) groups excluding carboxylic acids is 2. The topological polar surface area (TPSA) is 96.3 Å². The van der Waals surface area contributed by atoms with Crippen LogP contribution < -0.4 is 9.47 Å². The Morgan fingerprint density at radius 2 is 1.42 bits per heavy atom. The van der Waals surface area contributed by atoms with Crippen molar-refractivity contribution in [1.29, 1.82) is 0 Å². The number of amides is 1. The average Bonchev–Trinajstić information content (AvgIpc) is 3.46. The van der Waals surface area contributed by atoms with Gasteiger partial charge in [-0.3, -0.25) is 9.59 Å². The monoisotopic (exact) mass is 773 g/mol. The molecule has 0 radical (unpaired) electrons. The Morgan fingerprint density at radius 3 is 2.11 bits per heavy atom. The summed E-state index contributed by atoms with van der Waals surface area (Å²) in [6.45, 7) is 5.77. The molecule has 1 amide bonds. The Balaban J connectivity index is 1.02. The van der Waals surface area contributed by atoms with E-state index in [1.54, 1.807) is 14.2 Å². The Morgan fingerprint density at radius 1 is 0.772 bits per heavy atom. The number of hydrogen-bond acceptors (Lipinski definition) is 6. The normalized spacial score (nSPS) is 43.2. The van der Waals surface area contributed by atoms with Crippen molar-refractivity contribution in [2.24, 2.45) is 56.7 Å². The number of hydrogen-bond donors (Lipinski definition) is 2. The molecule has 7 nitrogen and oxygen atoms in total. The molecule has 10 aliphatic rings. The number of ether oxygens (including phenoxy) is 2. The van der Waals surface area contributed by atoms with E-state index in [2.05, 4.69) is 37.0 Å². The Hall–Kier alpha value is -3.42. The predicted octanol–water partition coefficient (Wildman–Crippen LogP) is 8.77. The largest absolute Gasteiger partial charge is 0.493 e. The maximum atomic E-state index is 14.9. The van der Waals surface area contributed by atoms with Crippen LogP contribution in [0.25, 0.3) is 0 Å². The Labute approximate surface area is 339 Å². The van der Waals surface area contributed by atoms with Gasteiger partial charge in [0.1, 0.15) is 0 Å². The number of fused-ring (bicyclic) bond motifs is 1. The molecule has 2 aromatic rings.